The molecule has 0 saturated carbocycles. The molecule has 0 bridgehead atoms. The van der Waals surface area contributed by atoms with Crippen LogP contribution in [0.25, 0.3) is 0 Å². The predicted molar refractivity (Wildman–Crippen MR) is 75.2 cm³/mol. The Bertz CT molecular complexity index is 463. The topological polar surface area (TPSA) is 104 Å². The minimum Gasteiger partial charge on any atom is -0.450 e. The molecule has 0 radical (unpaired) electrons. The fourth-order valence-electron chi connectivity index (χ4n) is 2.37. The molecule has 0 aromatic carbocycles. The average Bonchev–Trinajstić information content (AvgIpc) is 2.42. The van der Waals surface area contributed by atoms with Crippen LogP contribution in [-0.4, -0.2) is 52.5 Å². The molecule has 0 fully saturated rings. The van der Waals surface area contributed by atoms with Gasteiger partial charge in [-0.2, -0.15) is 0 Å². The molecular weight excluding hydrogens is 276 g/mol. The molecule has 3 N–H and O–H groups in total. The number of aliphatic hydroxyl groups excluding tert-OH is 3. The van der Waals surface area contributed by atoms with Crippen molar-refractivity contribution in [3.63, 3.8) is 0 Å². The third kappa shape index (κ3) is 4.00. The number of esters is 1. The average molecular weight is 298 g/mol. The van der Waals surface area contributed by atoms with E-state index in [1.54, 1.807) is 0 Å². The lowest BCUT2D eigenvalue weighted by Crippen LogP contribution is -2.47. The van der Waals surface area contributed by atoms with Gasteiger partial charge in [-0.15, -0.1) is 0 Å². The predicted octanol–water partition coefficient (Wildman–Crippen LogP) is -0.0287. The van der Waals surface area contributed by atoms with Gasteiger partial charge in [-0.3, -0.25) is 4.79 Å². The van der Waals surface area contributed by atoms with E-state index in [1.807, 2.05) is 13.8 Å². The zero-order valence-corrected chi connectivity index (χ0v) is 12.4. The molecule has 1 aliphatic carbocycles. The number of hydrogen-bond acceptors (Lipinski definition) is 6. The van der Waals surface area contributed by atoms with Gasteiger partial charge in [0, 0.05) is 17.1 Å². The highest BCUT2D eigenvalue weighted by Crippen LogP contribution is 2.30. The third-order valence-electron chi connectivity index (χ3n) is 3.58. The van der Waals surface area contributed by atoms with Crippen LogP contribution in [-0.2, 0) is 14.3 Å². The van der Waals surface area contributed by atoms with Gasteiger partial charge in [0.05, 0.1) is 19.3 Å². The summed E-state index contributed by atoms with van der Waals surface area (Å²) in [5.41, 5.74) is 0.225. The fraction of sp³-hybridized carbons (Fsp3) is 0.600. The van der Waals surface area contributed by atoms with Gasteiger partial charge in [-0.05, 0) is 25.0 Å². The lowest BCUT2D eigenvalue weighted by Gasteiger charge is -2.35. The first-order valence-corrected chi connectivity index (χ1v) is 6.85. The van der Waals surface area contributed by atoms with Crippen molar-refractivity contribution in [2.24, 2.45) is 11.8 Å². The second kappa shape index (κ2) is 7.49. The highest BCUT2D eigenvalue weighted by molar-refractivity contribution is 6.02. The second-order valence-corrected chi connectivity index (χ2v) is 5.42. The summed E-state index contributed by atoms with van der Waals surface area (Å²) < 4.78 is 5.21. The van der Waals surface area contributed by atoms with Crippen LogP contribution >= 0.6 is 0 Å². The summed E-state index contributed by atoms with van der Waals surface area (Å²) in [4.78, 5) is 24.1. The third-order valence-corrected chi connectivity index (χ3v) is 3.58. The summed E-state index contributed by atoms with van der Waals surface area (Å²) in [6.45, 7) is 4.28. The second-order valence-electron chi connectivity index (χ2n) is 5.42. The van der Waals surface area contributed by atoms with E-state index >= 15 is 0 Å². The Morgan fingerprint density at radius 3 is 2.52 bits per heavy atom. The lowest BCUT2D eigenvalue weighted by molar-refractivity contribution is -0.158. The molecule has 3 unspecified atom stereocenters. The Morgan fingerprint density at radius 2 is 2.05 bits per heavy atom. The van der Waals surface area contributed by atoms with E-state index in [9.17, 15) is 14.7 Å². The van der Waals surface area contributed by atoms with Gasteiger partial charge in [0.15, 0.2) is 6.10 Å². The van der Waals surface area contributed by atoms with Crippen molar-refractivity contribution in [2.75, 3.05) is 13.2 Å². The number of aliphatic hydroxyl groups is 3. The van der Waals surface area contributed by atoms with Gasteiger partial charge >= 0.3 is 5.97 Å². The molecule has 0 aromatic rings. The summed E-state index contributed by atoms with van der Waals surface area (Å²) in [7, 11) is 0. The van der Waals surface area contributed by atoms with Crippen molar-refractivity contribution in [2.45, 2.75) is 33.0 Å². The molecular formula is C15H22O6. The Kier molecular flexibility index (Phi) is 6.26. The smallest absolute Gasteiger partial charge is 0.334 e. The summed E-state index contributed by atoms with van der Waals surface area (Å²) in [6, 6.07) is 0. The minimum absolute atomic E-state index is 0.0426. The standard InChI is InChI=1S/C15H22O6/c1-8(2)12-11(18)6-10(7-17)13(19)14(12)21-15(20)9(3)4-5-16/h4,6,8,11-12,14,16-18H,5,7H2,1-3H3. The zero-order chi connectivity index (χ0) is 16.2. The molecule has 0 aromatic heterocycles. The number of ether oxygens (including phenoxy) is 1. The van der Waals surface area contributed by atoms with Crippen molar-refractivity contribution >= 4 is 11.8 Å². The molecule has 0 heterocycles. The molecule has 3 atom stereocenters. The Labute approximate surface area is 123 Å². The van der Waals surface area contributed by atoms with E-state index in [1.165, 1.54) is 19.1 Å². The van der Waals surface area contributed by atoms with Gasteiger partial charge in [-0.25, -0.2) is 4.79 Å². The van der Waals surface area contributed by atoms with Gasteiger partial charge in [0.1, 0.15) is 0 Å². The maximum Gasteiger partial charge on any atom is 0.334 e. The summed E-state index contributed by atoms with van der Waals surface area (Å²) in [5, 5.41) is 28.0. The maximum absolute atomic E-state index is 12.2. The molecule has 0 amide bonds. The summed E-state index contributed by atoms with van der Waals surface area (Å²) in [5.74, 6) is -1.88. The molecule has 0 spiro atoms. The van der Waals surface area contributed by atoms with E-state index in [-0.39, 0.29) is 23.7 Å². The fourth-order valence-corrected chi connectivity index (χ4v) is 2.37. The van der Waals surface area contributed by atoms with E-state index in [0.29, 0.717) is 0 Å². The number of ketones is 1. The molecule has 6 heteroatoms. The van der Waals surface area contributed by atoms with Crippen molar-refractivity contribution in [3.8, 4) is 0 Å². The zero-order valence-electron chi connectivity index (χ0n) is 12.4. The number of rotatable bonds is 5. The monoisotopic (exact) mass is 298 g/mol. The Hall–Kier alpha value is -1.50. The van der Waals surface area contributed by atoms with Crippen LogP contribution in [0.4, 0.5) is 0 Å². The molecule has 1 rings (SSSR count). The molecule has 6 nitrogen and oxygen atoms in total. The first kappa shape index (κ1) is 17.6. The highest BCUT2D eigenvalue weighted by atomic mass is 16.5. The lowest BCUT2D eigenvalue weighted by atomic mass is 9.77. The van der Waals surface area contributed by atoms with E-state index in [0.717, 1.165) is 0 Å². The van der Waals surface area contributed by atoms with Crippen LogP contribution in [0.3, 0.4) is 0 Å². The SMILES string of the molecule is CC(=CCO)C(=O)OC1C(=O)C(CO)=CC(O)C1C(C)C. The van der Waals surface area contributed by atoms with Gasteiger partial charge in [0.25, 0.3) is 0 Å². The largest absolute Gasteiger partial charge is 0.450 e. The number of hydrogen-bond donors (Lipinski definition) is 3. The number of Topliss-reactive ketones (excluding diaryl/α,β-unsaturated/α-hetero) is 1. The molecule has 1 aliphatic rings. The summed E-state index contributed by atoms with van der Waals surface area (Å²) >= 11 is 0. The van der Waals surface area contributed by atoms with Crippen molar-refractivity contribution in [3.05, 3.63) is 23.3 Å². The normalized spacial score (nSPS) is 26.8. The maximum atomic E-state index is 12.2. The van der Waals surface area contributed by atoms with Crippen molar-refractivity contribution in [1.82, 2.24) is 0 Å². The van der Waals surface area contributed by atoms with Crippen LogP contribution in [0.5, 0.6) is 0 Å². The van der Waals surface area contributed by atoms with E-state index in [2.05, 4.69) is 0 Å². The number of carbonyl (C=O) groups excluding carboxylic acids is 2. The van der Waals surface area contributed by atoms with Crippen molar-refractivity contribution < 1.29 is 29.6 Å². The quantitative estimate of drug-likeness (QED) is 0.486. The van der Waals surface area contributed by atoms with Crippen LogP contribution in [0.2, 0.25) is 0 Å². The van der Waals surface area contributed by atoms with E-state index in [4.69, 9.17) is 14.9 Å². The van der Waals surface area contributed by atoms with E-state index < -0.39 is 36.5 Å². The molecule has 0 saturated heterocycles. The molecule has 118 valence electrons. The van der Waals surface area contributed by atoms with Gasteiger partial charge < -0.3 is 20.1 Å². The van der Waals surface area contributed by atoms with Crippen LogP contribution in [0, 0.1) is 11.8 Å². The van der Waals surface area contributed by atoms with Crippen LogP contribution in [0.15, 0.2) is 23.3 Å². The minimum atomic E-state index is -1.14. The summed E-state index contributed by atoms with van der Waals surface area (Å²) in [6.07, 6.45) is 0.485. The Morgan fingerprint density at radius 1 is 1.43 bits per heavy atom. The number of carbonyl (C=O) groups is 2. The highest BCUT2D eigenvalue weighted by Gasteiger charge is 2.42. The van der Waals surface area contributed by atoms with Crippen LogP contribution < -0.4 is 0 Å². The molecule has 21 heavy (non-hydrogen) atoms. The van der Waals surface area contributed by atoms with Crippen LogP contribution in [0.1, 0.15) is 20.8 Å². The Balaban J connectivity index is 3.05. The van der Waals surface area contributed by atoms with Gasteiger partial charge in [0.2, 0.25) is 5.78 Å². The van der Waals surface area contributed by atoms with Gasteiger partial charge in [-0.1, -0.05) is 13.8 Å². The first-order chi connectivity index (χ1) is 9.83. The first-order valence-electron chi connectivity index (χ1n) is 6.85. The van der Waals surface area contributed by atoms with Crippen molar-refractivity contribution in [1.29, 1.82) is 0 Å². The molecule has 0 aliphatic heterocycles.